The standard InChI is InChI=1S/C15H20N2O5S/c1-3-4-12(15(19)20)16-14(18)11-5-6-13-10(9-11)7-8-17(13)23(2,21)22/h5-6,9,12H,3-4,7-8H2,1-2H3,(H,16,18)(H,19,20). The second-order valence-electron chi connectivity index (χ2n) is 5.58. The highest BCUT2D eigenvalue weighted by molar-refractivity contribution is 7.92. The Morgan fingerprint density at radius 3 is 2.65 bits per heavy atom. The van der Waals surface area contributed by atoms with E-state index in [1.165, 1.54) is 10.4 Å². The molecule has 1 unspecified atom stereocenters. The molecule has 0 saturated heterocycles. The van der Waals surface area contributed by atoms with E-state index < -0.39 is 27.9 Å². The summed E-state index contributed by atoms with van der Waals surface area (Å²) in [7, 11) is -3.33. The zero-order valence-electron chi connectivity index (χ0n) is 13.1. The number of hydrogen-bond donors (Lipinski definition) is 2. The first-order valence-electron chi connectivity index (χ1n) is 7.38. The smallest absolute Gasteiger partial charge is 0.326 e. The van der Waals surface area contributed by atoms with Crippen molar-refractivity contribution in [1.29, 1.82) is 0 Å². The van der Waals surface area contributed by atoms with Gasteiger partial charge in [-0.2, -0.15) is 0 Å². The fraction of sp³-hybridized carbons (Fsp3) is 0.467. The molecule has 8 heteroatoms. The lowest BCUT2D eigenvalue weighted by molar-refractivity contribution is -0.139. The molecular formula is C15H20N2O5S. The van der Waals surface area contributed by atoms with Crippen LogP contribution in [0.3, 0.4) is 0 Å². The van der Waals surface area contributed by atoms with Crippen LogP contribution in [0.5, 0.6) is 0 Å². The molecule has 7 nitrogen and oxygen atoms in total. The monoisotopic (exact) mass is 340 g/mol. The molecule has 0 aliphatic carbocycles. The van der Waals surface area contributed by atoms with Crippen LogP contribution in [0.1, 0.15) is 35.7 Å². The lowest BCUT2D eigenvalue weighted by Gasteiger charge is -2.17. The van der Waals surface area contributed by atoms with Gasteiger partial charge in [0.2, 0.25) is 10.0 Å². The number of nitrogens with one attached hydrogen (secondary N) is 1. The molecule has 0 radical (unpaired) electrons. The number of rotatable bonds is 6. The number of carboxylic acid groups (broad SMARTS) is 1. The highest BCUT2D eigenvalue weighted by atomic mass is 32.2. The second kappa shape index (κ2) is 6.57. The maximum atomic E-state index is 12.2. The molecule has 1 aromatic carbocycles. The number of nitrogens with zero attached hydrogens (tertiary/aromatic N) is 1. The minimum atomic E-state index is -3.33. The molecule has 1 aliphatic heterocycles. The maximum Gasteiger partial charge on any atom is 0.326 e. The fourth-order valence-electron chi connectivity index (χ4n) is 2.64. The van der Waals surface area contributed by atoms with Gasteiger partial charge < -0.3 is 10.4 Å². The van der Waals surface area contributed by atoms with E-state index in [2.05, 4.69) is 5.32 Å². The van der Waals surface area contributed by atoms with Crippen LogP contribution in [0, 0.1) is 0 Å². The summed E-state index contributed by atoms with van der Waals surface area (Å²) in [6.07, 6.45) is 2.67. The van der Waals surface area contributed by atoms with Crippen LogP contribution in [0.15, 0.2) is 18.2 Å². The summed E-state index contributed by atoms with van der Waals surface area (Å²) in [5.41, 5.74) is 1.68. The number of sulfonamides is 1. The van der Waals surface area contributed by atoms with Crippen molar-refractivity contribution in [3.63, 3.8) is 0 Å². The SMILES string of the molecule is CCCC(NC(=O)c1ccc2c(c1)CCN2S(C)(=O)=O)C(=O)O. The average molecular weight is 340 g/mol. The van der Waals surface area contributed by atoms with Crippen molar-refractivity contribution in [2.45, 2.75) is 32.2 Å². The van der Waals surface area contributed by atoms with Crippen molar-refractivity contribution in [3.05, 3.63) is 29.3 Å². The van der Waals surface area contributed by atoms with Crippen LogP contribution in [0.2, 0.25) is 0 Å². The van der Waals surface area contributed by atoms with Gasteiger partial charge in [0.05, 0.1) is 11.9 Å². The molecule has 126 valence electrons. The molecule has 23 heavy (non-hydrogen) atoms. The third-order valence-corrected chi connectivity index (χ3v) is 4.96. The fourth-order valence-corrected chi connectivity index (χ4v) is 3.60. The van der Waals surface area contributed by atoms with Crippen LogP contribution in [0.25, 0.3) is 0 Å². The van der Waals surface area contributed by atoms with E-state index in [-0.39, 0.29) is 0 Å². The number of benzene rings is 1. The first-order chi connectivity index (χ1) is 10.7. The van der Waals surface area contributed by atoms with E-state index in [1.54, 1.807) is 12.1 Å². The van der Waals surface area contributed by atoms with E-state index in [9.17, 15) is 18.0 Å². The summed E-state index contributed by atoms with van der Waals surface area (Å²) in [6, 6.07) is 3.81. The predicted molar refractivity (Wildman–Crippen MR) is 86.1 cm³/mol. The van der Waals surface area contributed by atoms with Crippen LogP contribution in [-0.4, -0.2) is 44.2 Å². The summed E-state index contributed by atoms with van der Waals surface area (Å²) >= 11 is 0. The molecule has 1 aromatic rings. The molecule has 1 atom stereocenters. The van der Waals surface area contributed by atoms with Crippen LogP contribution in [0.4, 0.5) is 5.69 Å². The van der Waals surface area contributed by atoms with Gasteiger partial charge in [-0.3, -0.25) is 9.10 Å². The van der Waals surface area contributed by atoms with Gasteiger partial charge in [-0.05, 0) is 36.6 Å². The zero-order chi connectivity index (χ0) is 17.2. The minimum Gasteiger partial charge on any atom is -0.480 e. The largest absolute Gasteiger partial charge is 0.480 e. The van der Waals surface area contributed by atoms with Crippen molar-refractivity contribution < 1.29 is 23.1 Å². The second-order valence-corrected chi connectivity index (χ2v) is 7.49. The van der Waals surface area contributed by atoms with E-state index in [0.29, 0.717) is 37.1 Å². The zero-order valence-corrected chi connectivity index (χ0v) is 13.9. The number of anilines is 1. The third kappa shape index (κ3) is 3.82. The molecule has 2 rings (SSSR count). The highest BCUT2D eigenvalue weighted by Gasteiger charge is 2.27. The van der Waals surface area contributed by atoms with Gasteiger partial charge in [-0.1, -0.05) is 13.3 Å². The quantitative estimate of drug-likeness (QED) is 0.804. The Labute approximate surface area is 135 Å². The van der Waals surface area contributed by atoms with E-state index in [1.807, 2.05) is 6.92 Å². The summed E-state index contributed by atoms with van der Waals surface area (Å²) in [5, 5.41) is 11.6. The van der Waals surface area contributed by atoms with Crippen LogP contribution in [-0.2, 0) is 21.2 Å². The van der Waals surface area contributed by atoms with Crippen molar-refractivity contribution in [1.82, 2.24) is 5.32 Å². The molecule has 1 amide bonds. The van der Waals surface area contributed by atoms with E-state index in [0.717, 1.165) is 11.8 Å². The summed E-state index contributed by atoms with van der Waals surface area (Å²) in [4.78, 5) is 23.3. The Morgan fingerprint density at radius 1 is 1.39 bits per heavy atom. The molecule has 0 aromatic heterocycles. The molecule has 0 saturated carbocycles. The predicted octanol–water partition coefficient (Wildman–Crippen LogP) is 0.992. The molecule has 1 aliphatic rings. The lowest BCUT2D eigenvalue weighted by atomic mass is 10.1. The van der Waals surface area contributed by atoms with Gasteiger partial charge in [0.25, 0.3) is 5.91 Å². The first kappa shape index (κ1) is 17.3. The van der Waals surface area contributed by atoms with Gasteiger partial charge in [-0.25, -0.2) is 13.2 Å². The number of fused-ring (bicyclic) bond motifs is 1. The van der Waals surface area contributed by atoms with Crippen LogP contribution >= 0.6 is 0 Å². The van der Waals surface area contributed by atoms with Crippen molar-refractivity contribution in [2.24, 2.45) is 0 Å². The van der Waals surface area contributed by atoms with Gasteiger partial charge in [0.15, 0.2) is 0 Å². The topological polar surface area (TPSA) is 104 Å². The Morgan fingerprint density at radius 2 is 2.09 bits per heavy atom. The number of carbonyl (C=O) groups is 2. The van der Waals surface area contributed by atoms with Gasteiger partial charge >= 0.3 is 5.97 Å². The van der Waals surface area contributed by atoms with E-state index >= 15 is 0 Å². The molecular weight excluding hydrogens is 320 g/mol. The van der Waals surface area contributed by atoms with Crippen molar-refractivity contribution in [2.75, 3.05) is 17.1 Å². The van der Waals surface area contributed by atoms with Crippen molar-refractivity contribution >= 4 is 27.6 Å². The minimum absolute atomic E-state index is 0.335. The van der Waals surface area contributed by atoms with E-state index in [4.69, 9.17) is 5.11 Å². The molecule has 2 N–H and O–H groups in total. The highest BCUT2D eigenvalue weighted by Crippen LogP contribution is 2.30. The lowest BCUT2D eigenvalue weighted by Crippen LogP contribution is -2.40. The molecule has 0 fully saturated rings. The Balaban J connectivity index is 2.20. The molecule has 1 heterocycles. The number of aliphatic carboxylic acids is 1. The molecule has 0 bridgehead atoms. The summed E-state index contributed by atoms with van der Waals surface area (Å²) < 4.78 is 24.7. The van der Waals surface area contributed by atoms with Crippen molar-refractivity contribution in [3.8, 4) is 0 Å². The third-order valence-electron chi connectivity index (χ3n) is 3.78. The number of hydrogen-bond acceptors (Lipinski definition) is 4. The van der Waals surface area contributed by atoms with Crippen LogP contribution < -0.4 is 9.62 Å². The molecule has 0 spiro atoms. The normalized spacial score (nSPS) is 15.1. The average Bonchev–Trinajstić information content (AvgIpc) is 2.89. The summed E-state index contributed by atoms with van der Waals surface area (Å²) in [5.74, 6) is -1.53. The first-order valence-corrected chi connectivity index (χ1v) is 9.23. The number of amides is 1. The number of carbonyl (C=O) groups excluding carboxylic acids is 1. The summed E-state index contributed by atoms with van der Waals surface area (Å²) in [6.45, 7) is 2.20. The van der Waals surface area contributed by atoms with Gasteiger partial charge in [0.1, 0.15) is 6.04 Å². The number of carboxylic acids is 1. The maximum absolute atomic E-state index is 12.2. The van der Waals surface area contributed by atoms with Gasteiger partial charge in [-0.15, -0.1) is 0 Å². The van der Waals surface area contributed by atoms with Gasteiger partial charge in [0, 0.05) is 12.1 Å². The Kier molecular flexibility index (Phi) is 4.93. The Hall–Kier alpha value is -2.09. The Bertz CT molecular complexity index is 729.